The van der Waals surface area contributed by atoms with Crippen LogP contribution >= 0.6 is 0 Å². The van der Waals surface area contributed by atoms with Gasteiger partial charge in [-0.15, -0.1) is 0 Å². The Balaban J connectivity index is 1.99. The fourth-order valence-electron chi connectivity index (χ4n) is 3.29. The molecule has 0 aromatic heterocycles. The number of nitro groups is 1. The Morgan fingerprint density at radius 1 is 1.08 bits per heavy atom. The number of nitrogens with zero attached hydrogens (tertiary/aromatic N) is 3. The highest BCUT2D eigenvalue weighted by Gasteiger charge is 2.24. The first-order valence-electron chi connectivity index (χ1n) is 8.85. The number of hydrogen-bond donors (Lipinski definition) is 0. The number of benzene rings is 2. The van der Waals surface area contributed by atoms with E-state index in [0.29, 0.717) is 5.56 Å². The van der Waals surface area contributed by atoms with Crippen molar-refractivity contribution in [3.05, 3.63) is 63.7 Å². The van der Waals surface area contributed by atoms with Gasteiger partial charge >= 0.3 is 0 Å². The van der Waals surface area contributed by atoms with E-state index in [0.717, 1.165) is 42.9 Å². The number of amides is 1. The molecule has 1 heterocycles. The average molecular weight is 353 g/mol. The number of hydrogen-bond acceptors (Lipinski definition) is 4. The molecule has 136 valence electrons. The minimum Gasteiger partial charge on any atom is -0.371 e. The molecule has 1 fully saturated rings. The summed E-state index contributed by atoms with van der Waals surface area (Å²) in [5.74, 6) is -0.238. The molecule has 0 unspecified atom stereocenters. The van der Waals surface area contributed by atoms with Crippen molar-refractivity contribution in [3.8, 4) is 0 Å². The number of nitro benzene ring substituents is 1. The number of anilines is 2. The zero-order chi connectivity index (χ0) is 18.7. The van der Waals surface area contributed by atoms with Crippen LogP contribution in [0.15, 0.2) is 42.5 Å². The number of carbonyl (C=O) groups excluding carboxylic acids is 1. The maximum absolute atomic E-state index is 13.1. The molecule has 1 saturated heterocycles. The van der Waals surface area contributed by atoms with E-state index in [2.05, 4.69) is 4.90 Å². The Morgan fingerprint density at radius 2 is 1.73 bits per heavy atom. The van der Waals surface area contributed by atoms with Gasteiger partial charge in [0.15, 0.2) is 0 Å². The van der Waals surface area contributed by atoms with Gasteiger partial charge in [0.25, 0.3) is 11.6 Å². The van der Waals surface area contributed by atoms with Gasteiger partial charge in [-0.1, -0.05) is 17.7 Å². The van der Waals surface area contributed by atoms with Gasteiger partial charge in [0.05, 0.1) is 16.2 Å². The number of piperidine rings is 1. The second kappa shape index (κ2) is 7.56. The predicted octanol–water partition coefficient (Wildman–Crippen LogP) is 4.17. The van der Waals surface area contributed by atoms with E-state index >= 15 is 0 Å². The molecule has 0 spiro atoms. The molecule has 1 aliphatic heterocycles. The third-order valence-corrected chi connectivity index (χ3v) is 4.84. The molecule has 0 saturated carbocycles. The fraction of sp³-hybridized carbons (Fsp3) is 0.350. The Hall–Kier alpha value is -2.89. The largest absolute Gasteiger partial charge is 0.371 e. The molecule has 1 aliphatic rings. The Kier molecular flexibility index (Phi) is 5.21. The molecule has 0 radical (unpaired) electrons. The minimum atomic E-state index is -0.456. The molecule has 0 N–H and O–H groups in total. The third-order valence-electron chi connectivity index (χ3n) is 4.84. The Bertz CT molecular complexity index is 812. The standard InChI is InChI=1S/C20H23N3O3/c1-15-6-8-16(9-7-15)21(2)20(24)18-14-17(23(25)26)10-11-19(18)22-12-4-3-5-13-22/h6-11,14H,3-5,12-13H2,1-2H3. The summed E-state index contributed by atoms with van der Waals surface area (Å²) in [6, 6.07) is 12.2. The SMILES string of the molecule is Cc1ccc(N(C)C(=O)c2cc([N+](=O)[O-])ccc2N2CCCCC2)cc1. The topological polar surface area (TPSA) is 66.7 Å². The van der Waals surface area contributed by atoms with Gasteiger partial charge in [0, 0.05) is 38.0 Å². The summed E-state index contributed by atoms with van der Waals surface area (Å²) in [5, 5.41) is 11.2. The van der Waals surface area contributed by atoms with Gasteiger partial charge in [0.1, 0.15) is 0 Å². The van der Waals surface area contributed by atoms with Crippen molar-refractivity contribution < 1.29 is 9.72 Å². The molecule has 2 aromatic rings. The Labute approximate surface area is 153 Å². The van der Waals surface area contributed by atoms with Crippen molar-refractivity contribution in [3.63, 3.8) is 0 Å². The van der Waals surface area contributed by atoms with E-state index in [1.54, 1.807) is 18.0 Å². The van der Waals surface area contributed by atoms with Crippen molar-refractivity contribution in [2.45, 2.75) is 26.2 Å². The highest BCUT2D eigenvalue weighted by atomic mass is 16.6. The highest BCUT2D eigenvalue weighted by Crippen LogP contribution is 2.30. The number of rotatable bonds is 4. The van der Waals surface area contributed by atoms with E-state index in [4.69, 9.17) is 0 Å². The number of non-ortho nitro benzene ring substituents is 1. The lowest BCUT2D eigenvalue weighted by Crippen LogP contribution is -2.33. The predicted molar refractivity (Wildman–Crippen MR) is 103 cm³/mol. The highest BCUT2D eigenvalue weighted by molar-refractivity contribution is 6.09. The molecule has 0 atom stereocenters. The smallest absolute Gasteiger partial charge is 0.270 e. The zero-order valence-electron chi connectivity index (χ0n) is 15.1. The van der Waals surface area contributed by atoms with Crippen LogP contribution in [0.2, 0.25) is 0 Å². The van der Waals surface area contributed by atoms with E-state index in [9.17, 15) is 14.9 Å². The maximum atomic E-state index is 13.1. The van der Waals surface area contributed by atoms with Crippen molar-refractivity contribution in [1.82, 2.24) is 0 Å². The maximum Gasteiger partial charge on any atom is 0.270 e. The summed E-state index contributed by atoms with van der Waals surface area (Å²) < 4.78 is 0. The minimum absolute atomic E-state index is 0.0635. The Morgan fingerprint density at radius 3 is 2.35 bits per heavy atom. The van der Waals surface area contributed by atoms with Crippen LogP contribution in [-0.2, 0) is 0 Å². The molecule has 6 nitrogen and oxygen atoms in total. The van der Waals surface area contributed by atoms with Gasteiger partial charge in [-0.3, -0.25) is 14.9 Å². The van der Waals surface area contributed by atoms with E-state index in [1.165, 1.54) is 18.6 Å². The number of carbonyl (C=O) groups is 1. The van der Waals surface area contributed by atoms with E-state index in [1.807, 2.05) is 31.2 Å². The van der Waals surface area contributed by atoms with Crippen molar-refractivity contribution >= 4 is 23.0 Å². The van der Waals surface area contributed by atoms with Crippen LogP contribution in [0.5, 0.6) is 0 Å². The lowest BCUT2D eigenvalue weighted by Gasteiger charge is -2.31. The fourth-order valence-corrected chi connectivity index (χ4v) is 3.29. The summed E-state index contributed by atoms with van der Waals surface area (Å²) in [6.45, 7) is 3.72. The van der Waals surface area contributed by atoms with Crippen LogP contribution in [0.25, 0.3) is 0 Å². The molecular formula is C20H23N3O3. The quantitative estimate of drug-likeness (QED) is 0.611. The summed E-state index contributed by atoms with van der Waals surface area (Å²) in [5.41, 5.74) is 2.96. The first-order valence-corrected chi connectivity index (χ1v) is 8.85. The van der Waals surface area contributed by atoms with Crippen LogP contribution in [-0.4, -0.2) is 31.0 Å². The number of aryl methyl sites for hydroxylation is 1. The van der Waals surface area contributed by atoms with Gasteiger partial charge in [0.2, 0.25) is 0 Å². The monoisotopic (exact) mass is 353 g/mol. The summed E-state index contributed by atoms with van der Waals surface area (Å²) in [7, 11) is 1.70. The summed E-state index contributed by atoms with van der Waals surface area (Å²) in [4.78, 5) is 27.6. The van der Waals surface area contributed by atoms with Crippen molar-refractivity contribution in [2.24, 2.45) is 0 Å². The molecule has 6 heteroatoms. The molecule has 26 heavy (non-hydrogen) atoms. The summed E-state index contributed by atoms with van der Waals surface area (Å²) >= 11 is 0. The van der Waals surface area contributed by atoms with Crippen LogP contribution in [0.3, 0.4) is 0 Å². The molecule has 2 aromatic carbocycles. The molecule has 1 amide bonds. The molecule has 0 bridgehead atoms. The lowest BCUT2D eigenvalue weighted by atomic mass is 10.1. The van der Waals surface area contributed by atoms with Gasteiger partial charge in [-0.25, -0.2) is 0 Å². The van der Waals surface area contributed by atoms with Crippen LogP contribution in [0, 0.1) is 17.0 Å². The van der Waals surface area contributed by atoms with Gasteiger partial charge < -0.3 is 9.80 Å². The van der Waals surface area contributed by atoms with Crippen LogP contribution in [0.1, 0.15) is 35.2 Å². The first kappa shape index (κ1) is 17.9. The van der Waals surface area contributed by atoms with Crippen LogP contribution < -0.4 is 9.80 Å². The normalized spacial score (nSPS) is 14.2. The van der Waals surface area contributed by atoms with E-state index < -0.39 is 4.92 Å². The molecule has 3 rings (SSSR count). The zero-order valence-corrected chi connectivity index (χ0v) is 15.1. The van der Waals surface area contributed by atoms with Crippen molar-refractivity contribution in [2.75, 3.05) is 29.9 Å². The average Bonchev–Trinajstić information content (AvgIpc) is 2.67. The molecular weight excluding hydrogens is 330 g/mol. The van der Waals surface area contributed by atoms with Gasteiger partial charge in [-0.05, 0) is 44.4 Å². The van der Waals surface area contributed by atoms with Crippen molar-refractivity contribution in [1.29, 1.82) is 0 Å². The molecule has 0 aliphatic carbocycles. The summed E-state index contributed by atoms with van der Waals surface area (Å²) in [6.07, 6.45) is 3.31. The van der Waals surface area contributed by atoms with Crippen LogP contribution in [0.4, 0.5) is 17.1 Å². The second-order valence-corrected chi connectivity index (χ2v) is 6.71. The van der Waals surface area contributed by atoms with E-state index in [-0.39, 0.29) is 11.6 Å². The van der Waals surface area contributed by atoms with Gasteiger partial charge in [-0.2, -0.15) is 0 Å². The first-order chi connectivity index (χ1) is 12.5. The second-order valence-electron chi connectivity index (χ2n) is 6.71. The lowest BCUT2D eigenvalue weighted by molar-refractivity contribution is -0.384. The third kappa shape index (κ3) is 3.69.